The number of ketones is 1. The number of carbonyl (C=O) groups is 16. The number of phosphoric ester groups is 1. The Bertz CT molecular complexity index is 4580. The molecule has 6 aliphatic rings. The molecule has 5 amide bonds. The van der Waals surface area contributed by atoms with E-state index in [0.717, 1.165) is 141 Å². The van der Waals surface area contributed by atoms with Crippen LogP contribution in [0.1, 0.15) is 189 Å². The van der Waals surface area contributed by atoms with E-state index >= 15 is 4.57 Å². The summed E-state index contributed by atoms with van der Waals surface area (Å²) < 4.78 is 158. The van der Waals surface area contributed by atoms with Gasteiger partial charge in [-0.05, 0) is 91.9 Å². The van der Waals surface area contributed by atoms with Crippen LogP contribution in [0, 0.1) is 5.41 Å². The van der Waals surface area contributed by atoms with E-state index in [4.69, 9.17) is 125 Å². The molecular weight excluding hydrogens is 1860 g/mol. The zero-order valence-electron chi connectivity index (χ0n) is 81.0. The van der Waals surface area contributed by atoms with Crippen molar-refractivity contribution in [2.24, 2.45) is 16.9 Å². The number of amides is 5. The number of esters is 10. The van der Waals surface area contributed by atoms with Gasteiger partial charge >= 0.3 is 73.6 Å². The molecule has 138 heavy (non-hydrogen) atoms. The molecule has 0 bridgehead atoms. The quantitative estimate of drug-likeness (QED) is 0.0197. The number of ether oxygens (including phenoxy) is 21. The molecule has 0 aromatic carbocycles. The average molecular weight is 1990 g/mol. The number of primary amides is 2. The maximum absolute atomic E-state index is 15.3. The fourth-order valence-corrected chi connectivity index (χ4v) is 16.5. The SMILES string of the molecule is C=C(C/C=C(\C)CCC=C(C)C)CCC(C)(C)/C=C/CC/C(C)=C\CO[C@H](COP(=O)(OC)O[C@H]1OC(C(N)=O)[C@@](C)(O)[C@H](OC(N)=O)C1O[C@@H]1OC(CO[C@@H]2OC(COC(C)=O)[C@@H](OC(C)=O)C(OC(C)=O)[C@@H]2OC(C)=O)[C@@H](O[C@@H]2OC(C)[C@@H](O[C@@H]3OC(C(=O)NC4=C(O)CCC4=O)[C@H](OC(C)=O)C(OC(C)=O)[C@@H]3OC(C)=O)C(OC(C)=O)[C@@H]2NC(C)=O)C(OC(C)=O)[C@@H]1NC(C)=O)C(=O)OC. The van der Waals surface area contributed by atoms with Gasteiger partial charge in [0.2, 0.25) is 17.7 Å². The Morgan fingerprint density at radius 3 is 1.57 bits per heavy atom. The topological polar surface area (TPSA) is 640 Å². The number of rotatable bonds is 47. The molecule has 5 saturated heterocycles. The van der Waals surface area contributed by atoms with Gasteiger partial charge in [-0.25, -0.2) is 14.2 Å². The number of nitrogens with two attached hydrogens (primary N) is 2. The standard InChI is InChI=1S/C89H130N5O43P/c1-41(2)26-25-28-42(3)29-30-44(5)33-36-88(18,19)35-24-23-27-43(4)34-37-116-61(81(110)114-21)40-119-138(113,115-22)137-86-76(77(136-87(91)111)89(20,112)78(135-86)79(90)108)134-83-64(93-47(8)96)69(123-51(12)100)66(60(129-83)39-118-84-74(127-55(16)104)70(124-52(13)101)67(121-49(10)98)59(130-84)38-117-48(9)97)132-82-63(92-46(7)95)68(122-50(11)99)65(45(6)120-82)131-85-75(128-56(17)105)72(126-54(15)103)71(125-53(14)102)73(133-85)80(109)94-62-57(106)31-32-58(62)107/h24,26,29,34-35,45,59-61,63-78,82-86,106,112H,5,23,25,27-28,30-33,36-40H2,1-4,6-22H3,(H2,90,108)(H2,91,111)(H,92,95)(H,93,96)(H,94,109)/b35-24+,42-29+,43-34-/t45?,59?,60?,61-,63+,64+,65-,66-,67-,68?,69?,70?,71-,72?,73?,74+,75+,76?,77-,78?,82+,83+,84-,85-,86-,89+,138?/m1/s1. The lowest BCUT2D eigenvalue weighted by atomic mass is 9.85. The number of hydrogen-bond acceptors (Lipinski definition) is 43. The van der Waals surface area contributed by atoms with Gasteiger partial charge in [0.25, 0.3) is 5.91 Å². The Kier molecular flexibility index (Phi) is 44.7. The third kappa shape index (κ3) is 35.0. The van der Waals surface area contributed by atoms with Crippen LogP contribution in [0.2, 0.25) is 0 Å². The molecule has 0 saturated carbocycles. The fraction of sp³-hybridized carbons (Fsp3) is 0.685. The van der Waals surface area contributed by atoms with Crippen LogP contribution in [0.3, 0.4) is 0 Å². The Morgan fingerprint density at radius 1 is 0.558 bits per heavy atom. The van der Waals surface area contributed by atoms with E-state index in [1.807, 2.05) is 6.92 Å². The van der Waals surface area contributed by atoms with Gasteiger partial charge in [-0.3, -0.25) is 80.7 Å². The highest BCUT2D eigenvalue weighted by molar-refractivity contribution is 7.48. The maximum Gasteiger partial charge on any atom is 0.477 e. The predicted molar refractivity (Wildman–Crippen MR) is 467 cm³/mol. The lowest BCUT2D eigenvalue weighted by Crippen LogP contribution is -2.73. The van der Waals surface area contributed by atoms with Crippen molar-refractivity contribution < 1.29 is 205 Å². The minimum Gasteiger partial charge on any atom is -0.510 e. The Hall–Kier alpha value is -10.6. The molecule has 0 aromatic heterocycles. The molecule has 48 nitrogen and oxygen atoms in total. The van der Waals surface area contributed by atoms with Crippen molar-refractivity contribution in [3.63, 3.8) is 0 Å². The van der Waals surface area contributed by atoms with E-state index in [0.29, 0.717) is 12.8 Å². The van der Waals surface area contributed by atoms with Gasteiger partial charge in [-0.2, -0.15) is 0 Å². The number of methoxy groups -OCH3 is 1. The van der Waals surface area contributed by atoms with E-state index in [1.54, 1.807) is 6.08 Å². The summed E-state index contributed by atoms with van der Waals surface area (Å²) in [6, 6.07) is -4.28. The highest BCUT2D eigenvalue weighted by atomic mass is 31.2. The molecule has 6 rings (SSSR count). The summed E-state index contributed by atoms with van der Waals surface area (Å²) in [5, 5.41) is 30.4. The van der Waals surface area contributed by atoms with Crippen LogP contribution in [-0.4, -0.2) is 305 Å². The summed E-state index contributed by atoms with van der Waals surface area (Å²) in [6.45, 7) is 25.0. The number of aliphatic hydroxyl groups excluding tert-OH is 1. The summed E-state index contributed by atoms with van der Waals surface area (Å²) in [6.07, 6.45) is -36.6. The molecule has 0 radical (unpaired) electrons. The Morgan fingerprint density at radius 2 is 1.05 bits per heavy atom. The van der Waals surface area contributed by atoms with E-state index in [-0.39, 0.29) is 24.9 Å². The van der Waals surface area contributed by atoms with Crippen LogP contribution < -0.4 is 27.4 Å². The lowest BCUT2D eigenvalue weighted by Gasteiger charge is -2.52. The van der Waals surface area contributed by atoms with Crippen molar-refractivity contribution >= 4 is 103 Å². The molecular formula is C89H130N5O43P. The number of Topliss-reactive ketones (excluding diaryl/α,β-unsaturated/α-hetero) is 1. The van der Waals surface area contributed by atoms with Gasteiger partial charge in [-0.15, -0.1) is 0 Å². The number of phosphoric acid groups is 1. The van der Waals surface area contributed by atoms with Crippen molar-refractivity contribution in [2.45, 2.75) is 348 Å². The molecule has 0 spiro atoms. The molecule has 9 N–H and O–H groups in total. The molecule has 1 aliphatic carbocycles. The molecule has 0 aromatic rings. The van der Waals surface area contributed by atoms with Crippen LogP contribution in [0.5, 0.6) is 0 Å². The number of nitrogens with one attached hydrogen (secondary N) is 3. The van der Waals surface area contributed by atoms with Crippen LogP contribution in [0.4, 0.5) is 4.79 Å². The zero-order chi connectivity index (χ0) is 103. The maximum atomic E-state index is 15.3. The Balaban J connectivity index is 1.50. The van der Waals surface area contributed by atoms with Crippen molar-refractivity contribution in [3.05, 3.63) is 70.7 Å². The van der Waals surface area contributed by atoms with Crippen molar-refractivity contribution in [1.82, 2.24) is 16.0 Å². The smallest absolute Gasteiger partial charge is 0.477 e. The lowest BCUT2D eigenvalue weighted by molar-refractivity contribution is -0.375. The van der Waals surface area contributed by atoms with Crippen LogP contribution in [0.25, 0.3) is 0 Å². The molecule has 5 fully saturated rings. The first-order valence-corrected chi connectivity index (χ1v) is 45.6. The van der Waals surface area contributed by atoms with E-state index in [1.165, 1.54) is 18.1 Å². The fourth-order valence-electron chi connectivity index (χ4n) is 15.5. The van der Waals surface area contributed by atoms with Crippen molar-refractivity contribution in [3.8, 4) is 0 Å². The van der Waals surface area contributed by atoms with Gasteiger partial charge in [0.05, 0.1) is 33.0 Å². The summed E-state index contributed by atoms with van der Waals surface area (Å²) in [7, 11) is -3.73. The van der Waals surface area contributed by atoms with Crippen molar-refractivity contribution in [1.29, 1.82) is 0 Å². The second-order valence-electron chi connectivity index (χ2n) is 34.5. The van der Waals surface area contributed by atoms with Gasteiger partial charge in [0.15, 0.2) is 117 Å². The average Bonchev–Trinajstić information content (AvgIpc) is 0.779. The first kappa shape index (κ1) is 116. The second-order valence-corrected chi connectivity index (χ2v) is 36.2. The molecule has 49 heteroatoms. The molecule has 774 valence electrons. The summed E-state index contributed by atoms with van der Waals surface area (Å²) in [4.78, 5) is 215. The van der Waals surface area contributed by atoms with Crippen molar-refractivity contribution in [2.75, 3.05) is 40.6 Å². The largest absolute Gasteiger partial charge is 0.510 e. The Labute approximate surface area is 796 Å². The minimum atomic E-state index is -5.49. The zero-order valence-corrected chi connectivity index (χ0v) is 81.8. The van der Waals surface area contributed by atoms with E-state index in [2.05, 4.69) is 81.5 Å². The highest BCUT2D eigenvalue weighted by Crippen LogP contribution is 2.53. The molecule has 27 atom stereocenters. The molecule has 5 heterocycles. The van der Waals surface area contributed by atoms with Crippen LogP contribution >= 0.6 is 7.82 Å². The van der Waals surface area contributed by atoms with Gasteiger partial charge in [0.1, 0.15) is 60.2 Å². The minimum absolute atomic E-state index is 0.168. The first-order chi connectivity index (χ1) is 64.5. The molecule has 5 aliphatic heterocycles. The third-order valence-corrected chi connectivity index (χ3v) is 23.2. The van der Waals surface area contributed by atoms with E-state index < -0.39 is 293 Å². The number of hydrogen-bond donors (Lipinski definition) is 7. The molecule has 11 unspecified atom stereocenters. The van der Waals surface area contributed by atoms with Gasteiger partial charge < -0.3 is 137 Å². The van der Waals surface area contributed by atoms with Crippen LogP contribution in [0.15, 0.2) is 70.7 Å². The summed E-state index contributed by atoms with van der Waals surface area (Å²) in [5.41, 5.74) is 12.3. The van der Waals surface area contributed by atoms with E-state index in [9.17, 15) is 86.9 Å². The normalized spacial score (nSPS) is 30.1. The monoisotopic (exact) mass is 1990 g/mol. The summed E-state index contributed by atoms with van der Waals surface area (Å²) >= 11 is 0. The first-order valence-electron chi connectivity index (χ1n) is 44.1. The van der Waals surface area contributed by atoms with Gasteiger partial charge in [0, 0.05) is 96.1 Å². The number of aliphatic hydroxyl groups is 2. The van der Waals surface area contributed by atoms with Crippen LogP contribution in [-0.2, 0) is 190 Å². The summed E-state index contributed by atoms with van der Waals surface area (Å²) in [5.74, 6) is -17.8. The third-order valence-electron chi connectivity index (χ3n) is 21.8. The second kappa shape index (κ2) is 53.2. The van der Waals surface area contributed by atoms with Gasteiger partial charge in [-0.1, -0.05) is 73.1 Å². The predicted octanol–water partition coefficient (Wildman–Crippen LogP) is 3.85. The number of carbonyl (C=O) groups excluding carboxylic acids is 16. The number of allylic oxidation sites excluding steroid dienone is 10. The highest BCUT2D eigenvalue weighted by Gasteiger charge is 2.65.